The van der Waals surface area contributed by atoms with Crippen molar-refractivity contribution in [2.45, 2.75) is 32.5 Å². The summed E-state index contributed by atoms with van der Waals surface area (Å²) in [6, 6.07) is -0.378. The summed E-state index contributed by atoms with van der Waals surface area (Å²) in [7, 11) is 0. The third-order valence-electron chi connectivity index (χ3n) is 2.88. The molecule has 0 radical (unpaired) electrons. The van der Waals surface area contributed by atoms with E-state index in [1.54, 1.807) is 6.92 Å². The van der Waals surface area contributed by atoms with Crippen molar-refractivity contribution in [2.24, 2.45) is 0 Å². The highest BCUT2D eigenvalue weighted by Crippen LogP contribution is 2.21. The van der Waals surface area contributed by atoms with Gasteiger partial charge in [-0.05, 0) is 26.4 Å². The van der Waals surface area contributed by atoms with E-state index < -0.39 is 12.1 Å². The van der Waals surface area contributed by atoms with Crippen molar-refractivity contribution in [3.63, 3.8) is 0 Å². The zero-order chi connectivity index (χ0) is 12.3. The molecular formula is C10H17F3N2O. The van der Waals surface area contributed by atoms with E-state index in [2.05, 4.69) is 4.90 Å². The van der Waals surface area contributed by atoms with Crippen LogP contribution in [-0.2, 0) is 4.79 Å². The molecule has 3 nitrogen and oxygen atoms in total. The van der Waals surface area contributed by atoms with Crippen LogP contribution in [0.25, 0.3) is 0 Å². The Labute approximate surface area is 93.2 Å². The van der Waals surface area contributed by atoms with Crippen molar-refractivity contribution >= 4 is 5.91 Å². The molecule has 1 unspecified atom stereocenters. The zero-order valence-corrected chi connectivity index (χ0v) is 9.55. The number of amides is 1. The van der Waals surface area contributed by atoms with Crippen molar-refractivity contribution in [1.29, 1.82) is 0 Å². The monoisotopic (exact) mass is 238 g/mol. The summed E-state index contributed by atoms with van der Waals surface area (Å²) >= 11 is 0. The van der Waals surface area contributed by atoms with Crippen LogP contribution in [0.3, 0.4) is 0 Å². The standard InChI is InChI=1S/C10H17F3N2O/c1-3-14-5-4-6-15(8(2)7-14)9(16)10(11,12)13/h8H,3-7H2,1-2H3. The molecule has 0 aromatic heterocycles. The number of carbonyl (C=O) groups excluding carboxylic acids is 1. The highest BCUT2D eigenvalue weighted by Gasteiger charge is 2.44. The second-order valence-electron chi connectivity index (χ2n) is 4.09. The van der Waals surface area contributed by atoms with E-state index in [4.69, 9.17) is 0 Å². The average Bonchev–Trinajstić information content (AvgIpc) is 2.37. The normalized spacial score (nSPS) is 24.3. The Kier molecular flexibility index (Phi) is 4.18. The molecule has 1 saturated heterocycles. The fraction of sp³-hybridized carbons (Fsp3) is 0.900. The van der Waals surface area contributed by atoms with E-state index in [9.17, 15) is 18.0 Å². The van der Waals surface area contributed by atoms with Gasteiger partial charge in [-0.15, -0.1) is 0 Å². The van der Waals surface area contributed by atoms with Gasteiger partial charge in [0.05, 0.1) is 0 Å². The highest BCUT2D eigenvalue weighted by atomic mass is 19.4. The summed E-state index contributed by atoms with van der Waals surface area (Å²) < 4.78 is 36.9. The number of alkyl halides is 3. The summed E-state index contributed by atoms with van der Waals surface area (Å²) in [5, 5.41) is 0. The summed E-state index contributed by atoms with van der Waals surface area (Å²) in [6.45, 7) is 5.89. The molecular weight excluding hydrogens is 221 g/mol. The topological polar surface area (TPSA) is 23.6 Å². The van der Waals surface area contributed by atoms with Crippen molar-refractivity contribution in [2.75, 3.05) is 26.2 Å². The van der Waals surface area contributed by atoms with Gasteiger partial charge in [-0.2, -0.15) is 13.2 Å². The van der Waals surface area contributed by atoms with Crippen LogP contribution in [-0.4, -0.2) is 54.1 Å². The van der Waals surface area contributed by atoms with Gasteiger partial charge in [0.2, 0.25) is 0 Å². The molecule has 1 amide bonds. The Morgan fingerprint density at radius 1 is 1.38 bits per heavy atom. The second kappa shape index (κ2) is 5.03. The first kappa shape index (κ1) is 13.3. The van der Waals surface area contributed by atoms with Gasteiger partial charge in [0.25, 0.3) is 0 Å². The summed E-state index contributed by atoms with van der Waals surface area (Å²) in [5.41, 5.74) is 0. The van der Waals surface area contributed by atoms with Crippen molar-refractivity contribution in [1.82, 2.24) is 9.80 Å². The predicted molar refractivity (Wildman–Crippen MR) is 54.0 cm³/mol. The fourth-order valence-corrected chi connectivity index (χ4v) is 2.00. The first-order valence-electron chi connectivity index (χ1n) is 5.46. The molecule has 0 N–H and O–H groups in total. The number of halogens is 3. The lowest BCUT2D eigenvalue weighted by molar-refractivity contribution is -0.187. The molecule has 1 rings (SSSR count). The maximum Gasteiger partial charge on any atom is 0.471 e. The molecule has 1 aliphatic heterocycles. The molecule has 0 spiro atoms. The number of hydrogen-bond acceptors (Lipinski definition) is 2. The van der Waals surface area contributed by atoms with E-state index >= 15 is 0 Å². The summed E-state index contributed by atoms with van der Waals surface area (Å²) in [5.74, 6) is -1.71. The number of likely N-dealkylation sites (N-methyl/N-ethyl adjacent to an activating group) is 1. The van der Waals surface area contributed by atoms with E-state index in [-0.39, 0.29) is 12.6 Å². The van der Waals surface area contributed by atoms with Crippen molar-refractivity contribution < 1.29 is 18.0 Å². The van der Waals surface area contributed by atoms with Crippen molar-refractivity contribution in [3.8, 4) is 0 Å². The molecule has 0 aromatic rings. The minimum Gasteiger partial charge on any atom is -0.331 e. The average molecular weight is 238 g/mol. The van der Waals surface area contributed by atoms with Gasteiger partial charge in [-0.1, -0.05) is 6.92 Å². The van der Waals surface area contributed by atoms with Gasteiger partial charge in [0.15, 0.2) is 0 Å². The minimum atomic E-state index is -4.75. The van der Waals surface area contributed by atoms with Crippen LogP contribution >= 0.6 is 0 Å². The van der Waals surface area contributed by atoms with Gasteiger partial charge in [0, 0.05) is 19.1 Å². The van der Waals surface area contributed by atoms with Gasteiger partial charge >= 0.3 is 12.1 Å². The quantitative estimate of drug-likeness (QED) is 0.691. The molecule has 94 valence electrons. The molecule has 1 fully saturated rings. The minimum absolute atomic E-state index is 0.190. The molecule has 6 heteroatoms. The van der Waals surface area contributed by atoms with E-state index in [1.807, 2.05) is 6.92 Å². The van der Waals surface area contributed by atoms with Crippen LogP contribution in [0.15, 0.2) is 0 Å². The van der Waals surface area contributed by atoms with Crippen LogP contribution in [0.5, 0.6) is 0 Å². The summed E-state index contributed by atoms with van der Waals surface area (Å²) in [4.78, 5) is 14.2. The lowest BCUT2D eigenvalue weighted by Gasteiger charge is -2.29. The Hall–Kier alpha value is -0.780. The molecule has 0 aromatic carbocycles. The maximum absolute atomic E-state index is 12.3. The molecule has 16 heavy (non-hydrogen) atoms. The molecule has 0 aliphatic carbocycles. The third kappa shape index (κ3) is 3.10. The van der Waals surface area contributed by atoms with E-state index in [0.717, 1.165) is 18.0 Å². The lowest BCUT2D eigenvalue weighted by Crippen LogP contribution is -2.48. The smallest absolute Gasteiger partial charge is 0.331 e. The van der Waals surface area contributed by atoms with Gasteiger partial charge < -0.3 is 9.80 Å². The van der Waals surface area contributed by atoms with Crippen LogP contribution in [0.1, 0.15) is 20.3 Å². The van der Waals surface area contributed by atoms with Crippen LogP contribution < -0.4 is 0 Å². The molecule has 0 bridgehead atoms. The second-order valence-corrected chi connectivity index (χ2v) is 4.09. The maximum atomic E-state index is 12.3. The predicted octanol–water partition coefficient (Wildman–Crippen LogP) is 1.49. The van der Waals surface area contributed by atoms with E-state index in [1.165, 1.54) is 0 Å². The highest BCUT2D eigenvalue weighted by molar-refractivity contribution is 5.82. The largest absolute Gasteiger partial charge is 0.471 e. The van der Waals surface area contributed by atoms with Gasteiger partial charge in [-0.25, -0.2) is 0 Å². The third-order valence-corrected chi connectivity index (χ3v) is 2.88. The Morgan fingerprint density at radius 3 is 2.50 bits per heavy atom. The van der Waals surface area contributed by atoms with Crippen LogP contribution in [0, 0.1) is 0 Å². The Bertz CT molecular complexity index is 255. The zero-order valence-electron chi connectivity index (χ0n) is 9.55. The SMILES string of the molecule is CCN1CCCN(C(=O)C(F)(F)F)C(C)C1. The van der Waals surface area contributed by atoms with Gasteiger partial charge in [-0.3, -0.25) is 4.79 Å². The number of nitrogens with zero attached hydrogens (tertiary/aromatic N) is 2. The van der Waals surface area contributed by atoms with Crippen LogP contribution in [0.2, 0.25) is 0 Å². The lowest BCUT2D eigenvalue weighted by atomic mass is 10.2. The molecule has 0 saturated carbocycles. The molecule has 1 atom stereocenters. The first-order chi connectivity index (χ1) is 7.36. The molecule has 1 aliphatic rings. The van der Waals surface area contributed by atoms with E-state index in [0.29, 0.717) is 13.0 Å². The number of carbonyl (C=O) groups is 1. The Balaban J connectivity index is 2.71. The first-order valence-corrected chi connectivity index (χ1v) is 5.46. The fourth-order valence-electron chi connectivity index (χ4n) is 2.00. The number of hydrogen-bond donors (Lipinski definition) is 0. The van der Waals surface area contributed by atoms with Crippen LogP contribution in [0.4, 0.5) is 13.2 Å². The molecule has 1 heterocycles. The Morgan fingerprint density at radius 2 is 2.00 bits per heavy atom. The number of rotatable bonds is 1. The van der Waals surface area contributed by atoms with Gasteiger partial charge in [0.1, 0.15) is 0 Å². The summed E-state index contributed by atoms with van der Waals surface area (Å²) in [6.07, 6.45) is -4.16. The van der Waals surface area contributed by atoms with Crippen molar-refractivity contribution in [3.05, 3.63) is 0 Å².